The summed E-state index contributed by atoms with van der Waals surface area (Å²) in [5.41, 5.74) is -3.52. The lowest BCUT2D eigenvalue weighted by molar-refractivity contribution is -0.345. The third-order valence-electron chi connectivity index (χ3n) is 2.44. The van der Waals surface area contributed by atoms with Gasteiger partial charge in [-0.15, -0.1) is 0 Å². The quantitative estimate of drug-likeness (QED) is 0.621. The summed E-state index contributed by atoms with van der Waals surface area (Å²) in [5.74, 6) is 0. The van der Waals surface area contributed by atoms with Crippen molar-refractivity contribution < 1.29 is 26.3 Å². The minimum Gasteiger partial charge on any atom is -0.170 e. The zero-order valence-electron chi connectivity index (χ0n) is 8.60. The van der Waals surface area contributed by atoms with Crippen molar-refractivity contribution in [1.82, 2.24) is 0 Å². The second-order valence-corrected chi connectivity index (χ2v) is 3.58. The molecule has 0 spiro atoms. The number of alkyl halides is 6. The van der Waals surface area contributed by atoms with Crippen LogP contribution in [0.5, 0.6) is 0 Å². The fourth-order valence-corrected chi connectivity index (χ4v) is 1.71. The molecule has 0 saturated heterocycles. The molecule has 0 fully saturated rings. The molecule has 0 aliphatic carbocycles. The van der Waals surface area contributed by atoms with E-state index >= 15 is 0 Å². The summed E-state index contributed by atoms with van der Waals surface area (Å²) < 4.78 is 75.2. The molecule has 0 radical (unpaired) electrons. The van der Waals surface area contributed by atoms with Crippen molar-refractivity contribution >= 4 is 0 Å². The maximum atomic E-state index is 12.5. The van der Waals surface area contributed by atoms with Crippen molar-refractivity contribution in [1.29, 1.82) is 0 Å². The van der Waals surface area contributed by atoms with Crippen LogP contribution < -0.4 is 0 Å². The first-order valence-corrected chi connectivity index (χ1v) is 4.76. The predicted octanol–water partition coefficient (Wildman–Crippen LogP) is 4.70. The number of halogens is 6. The van der Waals surface area contributed by atoms with Gasteiger partial charge in [-0.25, -0.2) is 0 Å². The first kappa shape index (κ1) is 14.6. The maximum Gasteiger partial charge on any atom is 0.403 e. The minimum absolute atomic E-state index is 0.140. The first-order valence-electron chi connectivity index (χ1n) is 4.76. The first-order chi connectivity index (χ1) is 6.62. The Morgan fingerprint density at radius 1 is 0.667 bits per heavy atom. The van der Waals surface area contributed by atoms with Crippen LogP contribution in [0.2, 0.25) is 0 Å². The molecule has 0 aromatic heterocycles. The van der Waals surface area contributed by atoms with E-state index in [-0.39, 0.29) is 12.8 Å². The second-order valence-electron chi connectivity index (χ2n) is 3.58. The van der Waals surface area contributed by atoms with Gasteiger partial charge in [0.25, 0.3) is 0 Å². The Morgan fingerprint density at radius 3 is 1.07 bits per heavy atom. The molecule has 0 atom stereocenters. The van der Waals surface area contributed by atoms with E-state index in [9.17, 15) is 26.3 Å². The van der Waals surface area contributed by atoms with Crippen molar-refractivity contribution in [2.75, 3.05) is 0 Å². The normalized spacial score (nSPS) is 14.4. The molecule has 0 aliphatic rings. The van der Waals surface area contributed by atoms with Crippen molar-refractivity contribution in [2.24, 2.45) is 5.41 Å². The highest BCUT2D eigenvalue weighted by atomic mass is 19.4. The third kappa shape index (κ3) is 2.78. The average molecular weight is 236 g/mol. The highest BCUT2D eigenvalue weighted by molar-refractivity contribution is 4.92. The Labute approximate surface area is 84.7 Å². The van der Waals surface area contributed by atoms with Crippen LogP contribution in [0.4, 0.5) is 26.3 Å². The van der Waals surface area contributed by atoms with E-state index in [1.165, 1.54) is 13.8 Å². The molecule has 92 valence electrons. The smallest absolute Gasteiger partial charge is 0.170 e. The largest absolute Gasteiger partial charge is 0.403 e. The highest BCUT2D eigenvalue weighted by Crippen LogP contribution is 2.55. The Kier molecular flexibility index (Phi) is 4.49. The van der Waals surface area contributed by atoms with Gasteiger partial charge in [-0.1, -0.05) is 26.7 Å². The van der Waals surface area contributed by atoms with Gasteiger partial charge in [0.2, 0.25) is 0 Å². The van der Waals surface area contributed by atoms with E-state index in [0.717, 1.165) is 0 Å². The second kappa shape index (κ2) is 4.61. The van der Waals surface area contributed by atoms with Gasteiger partial charge in [-0.3, -0.25) is 0 Å². The van der Waals surface area contributed by atoms with Crippen molar-refractivity contribution in [3.8, 4) is 0 Å². The van der Waals surface area contributed by atoms with Crippen LogP contribution in [-0.2, 0) is 0 Å². The molecule has 0 N–H and O–H groups in total. The fraction of sp³-hybridized carbons (Fsp3) is 1.00. The van der Waals surface area contributed by atoms with Crippen LogP contribution in [0.15, 0.2) is 0 Å². The summed E-state index contributed by atoms with van der Waals surface area (Å²) in [4.78, 5) is 0. The monoisotopic (exact) mass is 236 g/mol. The van der Waals surface area contributed by atoms with Gasteiger partial charge in [0.05, 0.1) is 0 Å². The Hall–Kier alpha value is -0.420. The summed E-state index contributed by atoms with van der Waals surface area (Å²) >= 11 is 0. The van der Waals surface area contributed by atoms with Crippen molar-refractivity contribution in [3.63, 3.8) is 0 Å². The van der Waals surface area contributed by atoms with Crippen molar-refractivity contribution in [3.05, 3.63) is 0 Å². The van der Waals surface area contributed by atoms with Crippen LogP contribution in [0.25, 0.3) is 0 Å². The number of hydrogen-bond donors (Lipinski definition) is 0. The van der Waals surface area contributed by atoms with Crippen molar-refractivity contribution in [2.45, 2.75) is 51.9 Å². The molecule has 0 nitrogen and oxygen atoms in total. The van der Waals surface area contributed by atoms with Crippen LogP contribution in [0.1, 0.15) is 39.5 Å². The van der Waals surface area contributed by atoms with Crippen LogP contribution in [0.3, 0.4) is 0 Å². The standard InChI is InChI=1S/C9H14F6/c1-3-5-7(6-4-2,8(10,11)12)9(13,14)15/h3-6H2,1-2H3. The van der Waals surface area contributed by atoms with Crippen LogP contribution >= 0.6 is 0 Å². The predicted molar refractivity (Wildman–Crippen MR) is 44.4 cm³/mol. The van der Waals surface area contributed by atoms with Crippen LogP contribution in [-0.4, -0.2) is 12.4 Å². The molecular weight excluding hydrogens is 222 g/mol. The van der Waals surface area contributed by atoms with E-state index < -0.39 is 30.6 Å². The summed E-state index contributed by atoms with van der Waals surface area (Å²) in [6.07, 6.45) is -12.5. The van der Waals surface area contributed by atoms with E-state index in [0.29, 0.717) is 0 Å². The molecule has 0 aliphatic heterocycles. The zero-order chi connectivity index (χ0) is 12.3. The van der Waals surface area contributed by atoms with Gasteiger partial charge in [-0.05, 0) is 12.8 Å². The maximum absolute atomic E-state index is 12.5. The Balaban J connectivity index is 5.28. The molecule has 0 saturated carbocycles. The average Bonchev–Trinajstić information content (AvgIpc) is 1.99. The molecule has 0 aromatic carbocycles. The topological polar surface area (TPSA) is 0 Å². The molecule has 0 amide bonds. The zero-order valence-corrected chi connectivity index (χ0v) is 8.60. The fourth-order valence-electron chi connectivity index (χ4n) is 1.71. The molecule has 0 rings (SSSR count). The number of hydrogen-bond acceptors (Lipinski definition) is 0. The molecular formula is C9H14F6. The lowest BCUT2D eigenvalue weighted by atomic mass is 9.78. The summed E-state index contributed by atoms with van der Waals surface area (Å²) in [6.45, 7) is 2.64. The molecule has 0 aromatic rings. The van der Waals surface area contributed by atoms with E-state index in [1.54, 1.807) is 0 Å². The molecule has 0 unspecified atom stereocenters. The molecule has 15 heavy (non-hydrogen) atoms. The lowest BCUT2D eigenvalue weighted by Crippen LogP contribution is -2.49. The Morgan fingerprint density at radius 2 is 0.933 bits per heavy atom. The number of rotatable bonds is 4. The van der Waals surface area contributed by atoms with Gasteiger partial charge in [-0.2, -0.15) is 26.3 Å². The van der Waals surface area contributed by atoms with Gasteiger partial charge in [0.15, 0.2) is 5.41 Å². The lowest BCUT2D eigenvalue weighted by Gasteiger charge is -2.37. The molecule has 0 bridgehead atoms. The van der Waals surface area contributed by atoms with E-state index in [1.807, 2.05) is 0 Å². The van der Waals surface area contributed by atoms with Gasteiger partial charge < -0.3 is 0 Å². The van der Waals surface area contributed by atoms with E-state index in [2.05, 4.69) is 0 Å². The van der Waals surface area contributed by atoms with Crippen LogP contribution in [0, 0.1) is 5.41 Å². The SMILES string of the molecule is CCCC(CCC)(C(F)(F)F)C(F)(F)F. The van der Waals surface area contributed by atoms with Gasteiger partial charge in [0, 0.05) is 0 Å². The summed E-state index contributed by atoms with van der Waals surface area (Å²) in [7, 11) is 0. The molecule has 0 heterocycles. The Bertz CT molecular complexity index is 168. The highest BCUT2D eigenvalue weighted by Gasteiger charge is 2.68. The summed E-state index contributed by atoms with van der Waals surface area (Å²) in [5, 5.41) is 0. The summed E-state index contributed by atoms with van der Waals surface area (Å²) in [6, 6.07) is 0. The molecule has 6 heteroatoms. The van der Waals surface area contributed by atoms with Gasteiger partial charge in [0.1, 0.15) is 0 Å². The third-order valence-corrected chi connectivity index (χ3v) is 2.44. The van der Waals surface area contributed by atoms with E-state index in [4.69, 9.17) is 0 Å². The minimum atomic E-state index is -5.22. The van der Waals surface area contributed by atoms with Gasteiger partial charge >= 0.3 is 12.4 Å².